The van der Waals surface area contributed by atoms with E-state index >= 15 is 0 Å². The molecule has 2 amide bonds. The molecule has 31 heavy (non-hydrogen) atoms. The number of amides is 2. The molecule has 0 heterocycles. The standard InChI is InChI=1S/C22H20ClN3O4S/c23-19-11-4-5-12-20(19)31(29,30)24-14-13-21(27)25-17-9-6-10-18(15-17)26-22(28)16-7-2-1-3-8-16/h1-12,15,24H,13-14H2,(H,25,27)(H,26,28). The third kappa shape index (κ3) is 6.39. The van der Waals surface area contributed by atoms with Crippen LogP contribution in [0.2, 0.25) is 5.02 Å². The molecule has 9 heteroatoms. The fourth-order valence-corrected chi connectivity index (χ4v) is 4.28. The molecule has 0 unspecified atom stereocenters. The molecule has 3 aromatic rings. The lowest BCUT2D eigenvalue weighted by molar-refractivity contribution is -0.116. The van der Waals surface area contributed by atoms with Gasteiger partial charge in [-0.3, -0.25) is 9.59 Å². The van der Waals surface area contributed by atoms with Crippen molar-refractivity contribution in [2.75, 3.05) is 17.2 Å². The largest absolute Gasteiger partial charge is 0.326 e. The Kier molecular flexibility index (Phi) is 7.41. The number of sulfonamides is 1. The normalized spacial score (nSPS) is 11.0. The van der Waals surface area contributed by atoms with Crippen LogP contribution in [0.5, 0.6) is 0 Å². The number of rotatable bonds is 8. The summed E-state index contributed by atoms with van der Waals surface area (Å²) in [6.45, 7) is -0.0934. The van der Waals surface area contributed by atoms with Crippen molar-refractivity contribution in [2.45, 2.75) is 11.3 Å². The molecule has 0 saturated heterocycles. The Hall–Kier alpha value is -3.20. The minimum atomic E-state index is -3.82. The summed E-state index contributed by atoms with van der Waals surface area (Å²) >= 11 is 5.92. The van der Waals surface area contributed by atoms with Gasteiger partial charge >= 0.3 is 0 Å². The quantitative estimate of drug-likeness (QED) is 0.477. The first-order valence-corrected chi connectivity index (χ1v) is 11.2. The van der Waals surface area contributed by atoms with Gasteiger partial charge in [-0.15, -0.1) is 0 Å². The van der Waals surface area contributed by atoms with E-state index in [9.17, 15) is 18.0 Å². The van der Waals surface area contributed by atoms with E-state index in [2.05, 4.69) is 15.4 Å². The van der Waals surface area contributed by atoms with Crippen molar-refractivity contribution < 1.29 is 18.0 Å². The monoisotopic (exact) mass is 457 g/mol. The minimum Gasteiger partial charge on any atom is -0.326 e. The van der Waals surface area contributed by atoms with E-state index in [1.54, 1.807) is 60.7 Å². The predicted molar refractivity (Wildman–Crippen MR) is 121 cm³/mol. The van der Waals surface area contributed by atoms with Crippen LogP contribution in [0.15, 0.2) is 83.8 Å². The molecule has 0 saturated carbocycles. The van der Waals surface area contributed by atoms with Crippen LogP contribution in [-0.2, 0) is 14.8 Å². The van der Waals surface area contributed by atoms with E-state index in [1.165, 1.54) is 12.1 Å². The number of hydrogen-bond donors (Lipinski definition) is 3. The summed E-state index contributed by atoms with van der Waals surface area (Å²) < 4.78 is 26.9. The Morgan fingerprint density at radius 1 is 0.806 bits per heavy atom. The van der Waals surface area contributed by atoms with Crippen molar-refractivity contribution in [3.63, 3.8) is 0 Å². The van der Waals surface area contributed by atoms with E-state index < -0.39 is 10.0 Å². The van der Waals surface area contributed by atoms with Crippen LogP contribution in [0.25, 0.3) is 0 Å². The molecule has 7 nitrogen and oxygen atoms in total. The summed E-state index contributed by atoms with van der Waals surface area (Å²) in [7, 11) is -3.82. The molecular formula is C22H20ClN3O4S. The summed E-state index contributed by atoms with van der Waals surface area (Å²) in [4.78, 5) is 24.4. The molecule has 3 N–H and O–H groups in total. The highest BCUT2D eigenvalue weighted by Crippen LogP contribution is 2.20. The molecule has 160 valence electrons. The molecule has 0 spiro atoms. The molecular weight excluding hydrogens is 438 g/mol. The van der Waals surface area contributed by atoms with E-state index in [4.69, 9.17) is 11.6 Å². The summed E-state index contributed by atoms with van der Waals surface area (Å²) in [5.74, 6) is -0.647. The van der Waals surface area contributed by atoms with Crippen molar-refractivity contribution in [1.82, 2.24) is 4.72 Å². The Balaban J connectivity index is 1.53. The Labute approximate surface area is 185 Å². The van der Waals surface area contributed by atoms with Crippen LogP contribution >= 0.6 is 11.6 Å². The highest BCUT2D eigenvalue weighted by atomic mass is 35.5. The molecule has 0 atom stereocenters. The average Bonchev–Trinajstić information content (AvgIpc) is 2.74. The second kappa shape index (κ2) is 10.2. The second-order valence-corrected chi connectivity index (χ2v) is 8.67. The van der Waals surface area contributed by atoms with Crippen molar-refractivity contribution in [3.8, 4) is 0 Å². The van der Waals surface area contributed by atoms with Crippen molar-refractivity contribution >= 4 is 44.8 Å². The first kappa shape index (κ1) is 22.5. The van der Waals surface area contributed by atoms with Crippen LogP contribution in [0.3, 0.4) is 0 Å². The number of benzene rings is 3. The molecule has 3 rings (SSSR count). The van der Waals surface area contributed by atoms with Gasteiger partial charge in [0.15, 0.2) is 0 Å². The van der Waals surface area contributed by atoms with Gasteiger partial charge in [-0.25, -0.2) is 13.1 Å². The molecule has 0 bridgehead atoms. The van der Waals surface area contributed by atoms with Crippen molar-refractivity contribution in [3.05, 3.63) is 89.4 Å². The first-order valence-electron chi connectivity index (χ1n) is 9.36. The van der Waals surface area contributed by atoms with Crippen LogP contribution in [-0.4, -0.2) is 26.8 Å². The van der Waals surface area contributed by atoms with Crippen LogP contribution in [0.4, 0.5) is 11.4 Å². The Bertz CT molecular complexity index is 1180. The van der Waals surface area contributed by atoms with Crippen LogP contribution in [0, 0.1) is 0 Å². The predicted octanol–water partition coefficient (Wildman–Crippen LogP) is 3.90. The lowest BCUT2D eigenvalue weighted by atomic mass is 10.2. The van der Waals surface area contributed by atoms with Gasteiger partial charge in [0, 0.05) is 29.9 Å². The lowest BCUT2D eigenvalue weighted by Crippen LogP contribution is -2.28. The molecule has 0 radical (unpaired) electrons. The maximum Gasteiger partial charge on any atom is 0.255 e. The Morgan fingerprint density at radius 2 is 1.45 bits per heavy atom. The number of nitrogens with one attached hydrogen (secondary N) is 3. The van der Waals surface area contributed by atoms with Gasteiger partial charge in [0.05, 0.1) is 5.02 Å². The number of carbonyl (C=O) groups is 2. The minimum absolute atomic E-state index is 0.0427. The highest BCUT2D eigenvalue weighted by molar-refractivity contribution is 7.89. The highest BCUT2D eigenvalue weighted by Gasteiger charge is 2.17. The third-order valence-electron chi connectivity index (χ3n) is 4.21. The third-order valence-corrected chi connectivity index (χ3v) is 6.17. The number of anilines is 2. The maximum absolute atomic E-state index is 12.3. The van der Waals surface area contributed by atoms with Crippen molar-refractivity contribution in [1.29, 1.82) is 0 Å². The van der Waals surface area contributed by atoms with Crippen molar-refractivity contribution in [2.24, 2.45) is 0 Å². The topological polar surface area (TPSA) is 104 Å². The van der Waals surface area contributed by atoms with Gasteiger partial charge in [-0.1, -0.05) is 48.0 Å². The summed E-state index contributed by atoms with van der Waals surface area (Å²) in [5.41, 5.74) is 1.51. The first-order chi connectivity index (χ1) is 14.8. The Morgan fingerprint density at radius 3 is 2.16 bits per heavy atom. The van der Waals surface area contributed by atoms with E-state index in [0.717, 1.165) is 0 Å². The van der Waals surface area contributed by atoms with Crippen LogP contribution in [0.1, 0.15) is 16.8 Å². The molecule has 0 aliphatic carbocycles. The van der Waals surface area contributed by atoms with Gasteiger partial charge in [-0.05, 0) is 42.5 Å². The smallest absolute Gasteiger partial charge is 0.255 e. The summed E-state index contributed by atoms with van der Waals surface area (Å²) in [6, 6.07) is 21.5. The molecule has 0 fully saturated rings. The van der Waals surface area contributed by atoms with Gasteiger partial charge in [0.2, 0.25) is 15.9 Å². The average molecular weight is 458 g/mol. The number of carbonyl (C=O) groups excluding carboxylic acids is 2. The zero-order valence-corrected chi connectivity index (χ0v) is 17.9. The SMILES string of the molecule is O=C(CCNS(=O)(=O)c1ccccc1Cl)Nc1cccc(NC(=O)c2ccccc2)c1. The van der Waals surface area contributed by atoms with Gasteiger partial charge in [-0.2, -0.15) is 0 Å². The molecule has 3 aromatic carbocycles. The van der Waals surface area contributed by atoms with E-state index in [-0.39, 0.29) is 34.7 Å². The molecule has 0 aliphatic rings. The molecule has 0 aromatic heterocycles. The zero-order chi connectivity index (χ0) is 22.3. The second-order valence-electron chi connectivity index (χ2n) is 6.53. The zero-order valence-electron chi connectivity index (χ0n) is 16.3. The van der Waals surface area contributed by atoms with Crippen LogP contribution < -0.4 is 15.4 Å². The van der Waals surface area contributed by atoms with Gasteiger partial charge < -0.3 is 10.6 Å². The molecule has 0 aliphatic heterocycles. The number of hydrogen-bond acceptors (Lipinski definition) is 4. The van der Waals surface area contributed by atoms with Gasteiger partial charge in [0.25, 0.3) is 5.91 Å². The van der Waals surface area contributed by atoms with E-state index in [1.807, 2.05) is 6.07 Å². The fraction of sp³-hybridized carbons (Fsp3) is 0.0909. The lowest BCUT2D eigenvalue weighted by Gasteiger charge is -2.10. The maximum atomic E-state index is 12.3. The van der Waals surface area contributed by atoms with Gasteiger partial charge in [0.1, 0.15) is 4.90 Å². The summed E-state index contributed by atoms with van der Waals surface area (Å²) in [5, 5.41) is 5.55. The summed E-state index contributed by atoms with van der Waals surface area (Å²) in [6.07, 6.45) is -0.0791. The number of halogens is 1. The fourth-order valence-electron chi connectivity index (χ4n) is 2.73. The van der Waals surface area contributed by atoms with E-state index in [0.29, 0.717) is 16.9 Å².